The first-order chi connectivity index (χ1) is 14.0. The molecular formula is C21H17F3N2O3S. The molecule has 9 heteroatoms. The van der Waals surface area contributed by atoms with Gasteiger partial charge in [-0.15, -0.1) is 0 Å². The third-order valence-electron chi connectivity index (χ3n) is 4.22. The van der Waals surface area contributed by atoms with E-state index < -0.39 is 35.3 Å². The Morgan fingerprint density at radius 1 is 1.07 bits per heavy atom. The lowest BCUT2D eigenvalue weighted by Gasteiger charge is -2.13. The normalized spacial score (nSPS) is 15.8. The van der Waals surface area contributed by atoms with Crippen molar-refractivity contribution in [2.75, 3.05) is 11.9 Å². The predicted molar refractivity (Wildman–Crippen MR) is 109 cm³/mol. The zero-order chi connectivity index (χ0) is 22.1. The number of rotatable bonds is 4. The number of halogens is 3. The summed E-state index contributed by atoms with van der Waals surface area (Å²) in [4.78, 5) is 37.8. The van der Waals surface area contributed by atoms with Crippen molar-refractivity contribution >= 4 is 40.6 Å². The summed E-state index contributed by atoms with van der Waals surface area (Å²) in [5.74, 6) is -1.20. The zero-order valence-electron chi connectivity index (χ0n) is 16.0. The second-order valence-electron chi connectivity index (χ2n) is 6.81. The van der Waals surface area contributed by atoms with E-state index >= 15 is 0 Å². The van der Waals surface area contributed by atoms with Gasteiger partial charge in [-0.05, 0) is 72.6 Å². The molecule has 0 atom stereocenters. The van der Waals surface area contributed by atoms with Crippen LogP contribution in [-0.2, 0) is 15.8 Å². The highest BCUT2D eigenvalue weighted by atomic mass is 32.2. The first-order valence-electron chi connectivity index (χ1n) is 8.84. The molecule has 0 aromatic heterocycles. The summed E-state index contributed by atoms with van der Waals surface area (Å²) in [5.41, 5.74) is 2.00. The molecule has 1 aliphatic rings. The van der Waals surface area contributed by atoms with Crippen LogP contribution in [0.25, 0.3) is 6.08 Å². The molecule has 1 heterocycles. The number of nitrogens with one attached hydrogen (secondary N) is 1. The molecular weight excluding hydrogens is 417 g/mol. The van der Waals surface area contributed by atoms with Crippen LogP contribution >= 0.6 is 11.8 Å². The van der Waals surface area contributed by atoms with Crippen LogP contribution in [0.1, 0.15) is 22.3 Å². The molecule has 156 valence electrons. The van der Waals surface area contributed by atoms with E-state index in [1.165, 1.54) is 18.2 Å². The van der Waals surface area contributed by atoms with Gasteiger partial charge in [-0.2, -0.15) is 13.2 Å². The van der Waals surface area contributed by atoms with Crippen LogP contribution in [0.5, 0.6) is 0 Å². The van der Waals surface area contributed by atoms with Crippen molar-refractivity contribution in [1.82, 2.24) is 4.90 Å². The molecule has 3 rings (SSSR count). The number of amides is 3. The SMILES string of the molecule is Cc1cc(C)cc(NC(=O)CN2C(=O)S/C(=C\c3ccc(C(F)(F)F)cc3)C2=O)c1. The van der Waals surface area contributed by atoms with E-state index in [4.69, 9.17) is 0 Å². The van der Waals surface area contributed by atoms with Gasteiger partial charge in [0.2, 0.25) is 5.91 Å². The van der Waals surface area contributed by atoms with Gasteiger partial charge in [-0.25, -0.2) is 0 Å². The Morgan fingerprint density at radius 3 is 2.23 bits per heavy atom. The Bertz CT molecular complexity index is 1030. The average molecular weight is 434 g/mol. The molecule has 2 aromatic rings. The van der Waals surface area contributed by atoms with E-state index in [9.17, 15) is 27.6 Å². The third-order valence-corrected chi connectivity index (χ3v) is 5.12. The summed E-state index contributed by atoms with van der Waals surface area (Å²) >= 11 is 0.636. The highest BCUT2D eigenvalue weighted by Gasteiger charge is 2.36. The molecule has 0 unspecified atom stereocenters. The second-order valence-corrected chi connectivity index (χ2v) is 7.81. The van der Waals surface area contributed by atoms with E-state index in [1.54, 1.807) is 12.1 Å². The summed E-state index contributed by atoms with van der Waals surface area (Å²) in [6.45, 7) is 3.30. The van der Waals surface area contributed by atoms with Crippen molar-refractivity contribution < 1.29 is 27.6 Å². The maximum absolute atomic E-state index is 12.6. The third kappa shape index (κ3) is 5.10. The molecule has 0 aliphatic carbocycles. The van der Waals surface area contributed by atoms with E-state index in [0.717, 1.165) is 28.2 Å². The van der Waals surface area contributed by atoms with Gasteiger partial charge in [0.05, 0.1) is 10.5 Å². The number of alkyl halides is 3. The minimum absolute atomic E-state index is 0.0407. The quantitative estimate of drug-likeness (QED) is 0.688. The van der Waals surface area contributed by atoms with E-state index in [-0.39, 0.29) is 4.91 Å². The number of benzene rings is 2. The van der Waals surface area contributed by atoms with Gasteiger partial charge >= 0.3 is 6.18 Å². The van der Waals surface area contributed by atoms with Gasteiger partial charge in [0.25, 0.3) is 11.1 Å². The summed E-state index contributed by atoms with van der Waals surface area (Å²) in [5, 5.41) is 2.04. The lowest BCUT2D eigenvalue weighted by molar-refractivity contribution is -0.137. The molecule has 1 N–H and O–H groups in total. The van der Waals surface area contributed by atoms with Crippen molar-refractivity contribution in [1.29, 1.82) is 0 Å². The highest BCUT2D eigenvalue weighted by molar-refractivity contribution is 8.18. The van der Waals surface area contributed by atoms with Crippen LogP contribution in [-0.4, -0.2) is 28.5 Å². The molecule has 0 spiro atoms. The molecule has 3 amide bonds. The molecule has 1 fully saturated rings. The van der Waals surface area contributed by atoms with Crippen molar-refractivity contribution in [3.05, 3.63) is 69.6 Å². The second kappa shape index (κ2) is 8.35. The lowest BCUT2D eigenvalue weighted by atomic mass is 10.1. The Hall–Kier alpha value is -3.07. The minimum Gasteiger partial charge on any atom is -0.325 e. The molecule has 0 saturated carbocycles. The van der Waals surface area contributed by atoms with E-state index in [1.807, 2.05) is 19.9 Å². The molecule has 0 bridgehead atoms. The number of nitrogens with zero attached hydrogens (tertiary/aromatic N) is 1. The Kier molecular flexibility index (Phi) is 6.02. The average Bonchev–Trinajstić information content (AvgIpc) is 2.88. The monoisotopic (exact) mass is 434 g/mol. The summed E-state index contributed by atoms with van der Waals surface area (Å²) in [6, 6.07) is 9.69. The Morgan fingerprint density at radius 2 is 1.67 bits per heavy atom. The fourth-order valence-electron chi connectivity index (χ4n) is 2.95. The van der Waals surface area contributed by atoms with Gasteiger partial charge in [0.15, 0.2) is 0 Å². The number of carbonyl (C=O) groups excluding carboxylic acids is 3. The number of hydrogen-bond acceptors (Lipinski definition) is 4. The van der Waals surface area contributed by atoms with Crippen molar-refractivity contribution in [3.63, 3.8) is 0 Å². The van der Waals surface area contributed by atoms with Crippen LogP contribution in [0.15, 0.2) is 47.4 Å². The van der Waals surface area contributed by atoms with Crippen LogP contribution < -0.4 is 5.32 Å². The van der Waals surface area contributed by atoms with Crippen molar-refractivity contribution in [3.8, 4) is 0 Å². The topological polar surface area (TPSA) is 66.5 Å². The molecule has 2 aromatic carbocycles. The lowest BCUT2D eigenvalue weighted by Crippen LogP contribution is -2.36. The summed E-state index contributed by atoms with van der Waals surface area (Å²) in [7, 11) is 0. The van der Waals surface area contributed by atoms with Gasteiger partial charge in [0.1, 0.15) is 6.54 Å². The number of aryl methyl sites for hydroxylation is 2. The van der Waals surface area contributed by atoms with Gasteiger partial charge < -0.3 is 5.32 Å². The van der Waals surface area contributed by atoms with Gasteiger partial charge in [-0.1, -0.05) is 18.2 Å². The summed E-state index contributed by atoms with van der Waals surface area (Å²) in [6.07, 6.45) is -3.13. The number of imide groups is 1. The number of anilines is 1. The van der Waals surface area contributed by atoms with Crippen LogP contribution in [0, 0.1) is 13.8 Å². The van der Waals surface area contributed by atoms with Crippen LogP contribution in [0.3, 0.4) is 0 Å². The smallest absolute Gasteiger partial charge is 0.325 e. The largest absolute Gasteiger partial charge is 0.416 e. The minimum atomic E-state index is -4.46. The van der Waals surface area contributed by atoms with E-state index in [0.29, 0.717) is 23.0 Å². The zero-order valence-corrected chi connectivity index (χ0v) is 16.9. The van der Waals surface area contributed by atoms with Gasteiger partial charge in [0, 0.05) is 5.69 Å². The number of carbonyl (C=O) groups is 3. The summed E-state index contributed by atoms with van der Waals surface area (Å²) < 4.78 is 37.9. The maximum Gasteiger partial charge on any atom is 0.416 e. The van der Waals surface area contributed by atoms with Crippen molar-refractivity contribution in [2.45, 2.75) is 20.0 Å². The molecule has 30 heavy (non-hydrogen) atoms. The van der Waals surface area contributed by atoms with Crippen molar-refractivity contribution in [2.24, 2.45) is 0 Å². The Labute approximate surface area is 174 Å². The molecule has 1 saturated heterocycles. The number of hydrogen-bond donors (Lipinski definition) is 1. The predicted octanol–water partition coefficient (Wildman–Crippen LogP) is 5.00. The van der Waals surface area contributed by atoms with E-state index in [2.05, 4.69) is 5.32 Å². The highest BCUT2D eigenvalue weighted by Crippen LogP contribution is 2.33. The van der Waals surface area contributed by atoms with Gasteiger partial charge in [-0.3, -0.25) is 19.3 Å². The first-order valence-corrected chi connectivity index (χ1v) is 9.65. The molecule has 0 radical (unpaired) electrons. The molecule has 1 aliphatic heterocycles. The van der Waals surface area contributed by atoms with Crippen LogP contribution in [0.4, 0.5) is 23.7 Å². The fraction of sp³-hybridized carbons (Fsp3) is 0.190. The first kappa shape index (κ1) is 21.6. The maximum atomic E-state index is 12.6. The standard InChI is InChI=1S/C21H17F3N2O3S/c1-12-7-13(2)9-16(8-12)25-18(27)11-26-19(28)17(30-20(26)29)10-14-3-5-15(6-4-14)21(22,23)24/h3-10H,11H2,1-2H3,(H,25,27)/b17-10-. The number of thioether (sulfide) groups is 1. The molecule has 5 nitrogen and oxygen atoms in total. The Balaban J connectivity index is 1.69. The fourth-order valence-corrected chi connectivity index (χ4v) is 3.79. The van der Waals surface area contributed by atoms with Crippen LogP contribution in [0.2, 0.25) is 0 Å².